The zero-order chi connectivity index (χ0) is 13.5. The fourth-order valence-electron chi connectivity index (χ4n) is 1.41. The average molecular weight is 261 g/mol. The van der Waals surface area contributed by atoms with E-state index in [0.717, 1.165) is 12.1 Å². The molecular formula is C13H18F3NO. The molecule has 18 heavy (non-hydrogen) atoms. The maximum Gasteiger partial charge on any atom is 0.194 e. The Balaban J connectivity index is 2.27. The molecule has 0 radical (unpaired) electrons. The summed E-state index contributed by atoms with van der Waals surface area (Å²) in [6.45, 7) is 6.17. The third kappa shape index (κ3) is 5.06. The van der Waals surface area contributed by atoms with Crippen molar-refractivity contribution in [1.29, 1.82) is 0 Å². The van der Waals surface area contributed by atoms with E-state index in [2.05, 4.69) is 19.2 Å². The smallest absolute Gasteiger partial charge is 0.194 e. The van der Waals surface area contributed by atoms with Crippen LogP contribution >= 0.6 is 0 Å². The van der Waals surface area contributed by atoms with Crippen molar-refractivity contribution in [3.8, 4) is 0 Å². The van der Waals surface area contributed by atoms with Gasteiger partial charge >= 0.3 is 0 Å². The van der Waals surface area contributed by atoms with Gasteiger partial charge in [-0.25, -0.2) is 13.2 Å². The number of ether oxygens (including phenoxy) is 1. The number of hydrogen-bond donors (Lipinski definition) is 1. The van der Waals surface area contributed by atoms with Crippen molar-refractivity contribution in [3.63, 3.8) is 0 Å². The van der Waals surface area contributed by atoms with Crippen molar-refractivity contribution in [1.82, 2.24) is 5.32 Å². The van der Waals surface area contributed by atoms with Crippen LogP contribution in [-0.4, -0.2) is 19.8 Å². The standard InChI is InChI=1S/C13H18F3NO/c1-9(2)8-18-4-3-17-7-10-5-11(14)13(16)12(15)6-10/h5-6,9,17H,3-4,7-8H2,1-2H3. The molecule has 5 heteroatoms. The molecule has 0 atom stereocenters. The van der Waals surface area contributed by atoms with Crippen LogP contribution < -0.4 is 5.32 Å². The second-order valence-electron chi connectivity index (χ2n) is 4.52. The van der Waals surface area contributed by atoms with E-state index in [1.807, 2.05) is 0 Å². The molecule has 0 amide bonds. The molecule has 1 rings (SSSR count). The van der Waals surface area contributed by atoms with Crippen LogP contribution in [0.15, 0.2) is 12.1 Å². The van der Waals surface area contributed by atoms with Crippen LogP contribution in [0, 0.1) is 23.4 Å². The second-order valence-corrected chi connectivity index (χ2v) is 4.52. The lowest BCUT2D eigenvalue weighted by Crippen LogP contribution is -2.20. The van der Waals surface area contributed by atoms with Gasteiger partial charge in [-0.05, 0) is 23.6 Å². The highest BCUT2D eigenvalue weighted by Gasteiger charge is 2.09. The van der Waals surface area contributed by atoms with E-state index in [1.54, 1.807) is 0 Å². The van der Waals surface area contributed by atoms with Gasteiger partial charge in [-0.2, -0.15) is 0 Å². The summed E-state index contributed by atoms with van der Waals surface area (Å²) in [7, 11) is 0. The Labute approximate surface area is 105 Å². The second kappa shape index (κ2) is 7.38. The maximum absolute atomic E-state index is 12.9. The largest absolute Gasteiger partial charge is 0.380 e. The highest BCUT2D eigenvalue weighted by molar-refractivity contribution is 5.19. The van der Waals surface area contributed by atoms with Crippen LogP contribution in [0.1, 0.15) is 19.4 Å². The predicted octanol–water partition coefficient (Wildman–Crippen LogP) is 2.87. The summed E-state index contributed by atoms with van der Waals surface area (Å²) in [6, 6.07) is 1.97. The minimum absolute atomic E-state index is 0.277. The van der Waals surface area contributed by atoms with Crippen LogP contribution in [0.3, 0.4) is 0 Å². The number of benzene rings is 1. The van der Waals surface area contributed by atoms with Crippen molar-refractivity contribution in [2.75, 3.05) is 19.8 Å². The number of halogens is 3. The summed E-state index contributed by atoms with van der Waals surface area (Å²) in [4.78, 5) is 0. The lowest BCUT2D eigenvalue weighted by atomic mass is 10.2. The Morgan fingerprint density at radius 3 is 2.33 bits per heavy atom. The molecule has 0 heterocycles. The Morgan fingerprint density at radius 1 is 1.17 bits per heavy atom. The summed E-state index contributed by atoms with van der Waals surface area (Å²) in [6.07, 6.45) is 0. The van der Waals surface area contributed by atoms with Gasteiger partial charge in [0.05, 0.1) is 6.61 Å². The van der Waals surface area contributed by atoms with Crippen LogP contribution in [0.5, 0.6) is 0 Å². The van der Waals surface area contributed by atoms with Gasteiger partial charge in [-0.15, -0.1) is 0 Å². The summed E-state index contributed by atoms with van der Waals surface area (Å²) in [5.74, 6) is -3.28. The third-order valence-electron chi connectivity index (χ3n) is 2.25. The SMILES string of the molecule is CC(C)COCCNCc1cc(F)c(F)c(F)c1. The van der Waals surface area contributed by atoms with Crippen molar-refractivity contribution in [3.05, 3.63) is 35.1 Å². The molecule has 0 fully saturated rings. The molecule has 0 aliphatic heterocycles. The summed E-state index contributed by atoms with van der Waals surface area (Å²) < 4.78 is 43.8. The fourth-order valence-corrected chi connectivity index (χ4v) is 1.41. The van der Waals surface area contributed by atoms with Crippen molar-refractivity contribution in [2.45, 2.75) is 20.4 Å². The van der Waals surface area contributed by atoms with Crippen LogP contribution in [-0.2, 0) is 11.3 Å². The van der Waals surface area contributed by atoms with Crippen molar-refractivity contribution < 1.29 is 17.9 Å². The molecule has 0 aliphatic carbocycles. The first-order valence-electron chi connectivity index (χ1n) is 5.92. The molecule has 1 aromatic rings. The molecular weight excluding hydrogens is 243 g/mol. The van der Waals surface area contributed by atoms with Gasteiger partial charge < -0.3 is 10.1 Å². The Morgan fingerprint density at radius 2 is 1.78 bits per heavy atom. The van der Waals surface area contributed by atoms with E-state index in [0.29, 0.717) is 31.2 Å². The molecule has 0 spiro atoms. The first-order chi connectivity index (χ1) is 8.50. The van der Waals surface area contributed by atoms with Gasteiger partial charge in [-0.3, -0.25) is 0 Å². The Kier molecular flexibility index (Phi) is 6.15. The highest BCUT2D eigenvalue weighted by Crippen LogP contribution is 2.13. The molecule has 1 aromatic carbocycles. The molecule has 0 saturated carbocycles. The van der Waals surface area contributed by atoms with E-state index in [-0.39, 0.29) is 6.54 Å². The van der Waals surface area contributed by atoms with Crippen molar-refractivity contribution >= 4 is 0 Å². The van der Waals surface area contributed by atoms with Crippen LogP contribution in [0.2, 0.25) is 0 Å². The fraction of sp³-hybridized carbons (Fsp3) is 0.538. The molecule has 0 aromatic heterocycles. The number of nitrogens with one attached hydrogen (secondary N) is 1. The Hall–Kier alpha value is -1.07. The molecule has 0 saturated heterocycles. The molecule has 0 unspecified atom stereocenters. The first kappa shape index (κ1) is 15.0. The summed E-state index contributed by atoms with van der Waals surface area (Å²) >= 11 is 0. The summed E-state index contributed by atoms with van der Waals surface area (Å²) in [5.41, 5.74) is 0.371. The van der Waals surface area contributed by atoms with Gasteiger partial charge in [0, 0.05) is 19.7 Å². The van der Waals surface area contributed by atoms with Crippen LogP contribution in [0.25, 0.3) is 0 Å². The van der Waals surface area contributed by atoms with Gasteiger partial charge in [0.15, 0.2) is 17.5 Å². The Bertz CT molecular complexity index is 359. The van der Waals surface area contributed by atoms with E-state index >= 15 is 0 Å². The minimum atomic E-state index is -1.43. The van der Waals surface area contributed by atoms with E-state index in [4.69, 9.17) is 4.74 Å². The minimum Gasteiger partial charge on any atom is -0.380 e. The average Bonchev–Trinajstić information content (AvgIpc) is 2.30. The third-order valence-corrected chi connectivity index (χ3v) is 2.25. The maximum atomic E-state index is 12.9. The lowest BCUT2D eigenvalue weighted by molar-refractivity contribution is 0.111. The lowest BCUT2D eigenvalue weighted by Gasteiger charge is -2.08. The molecule has 1 N–H and O–H groups in total. The van der Waals surface area contributed by atoms with Gasteiger partial charge in [-0.1, -0.05) is 13.8 Å². The topological polar surface area (TPSA) is 21.3 Å². The monoisotopic (exact) mass is 261 g/mol. The molecule has 2 nitrogen and oxygen atoms in total. The number of rotatable bonds is 7. The quantitative estimate of drug-likeness (QED) is 0.602. The van der Waals surface area contributed by atoms with Crippen LogP contribution in [0.4, 0.5) is 13.2 Å². The highest BCUT2D eigenvalue weighted by atomic mass is 19.2. The van der Waals surface area contributed by atoms with Gasteiger partial charge in [0.25, 0.3) is 0 Å². The van der Waals surface area contributed by atoms with Gasteiger partial charge in [0.2, 0.25) is 0 Å². The van der Waals surface area contributed by atoms with Gasteiger partial charge in [0.1, 0.15) is 0 Å². The first-order valence-corrected chi connectivity index (χ1v) is 5.92. The molecule has 0 bridgehead atoms. The molecule has 0 aliphatic rings. The number of hydrogen-bond acceptors (Lipinski definition) is 2. The normalized spacial score (nSPS) is 11.2. The zero-order valence-corrected chi connectivity index (χ0v) is 10.6. The molecule has 102 valence electrons. The van der Waals surface area contributed by atoms with E-state index < -0.39 is 17.5 Å². The predicted molar refractivity (Wildman–Crippen MR) is 63.7 cm³/mol. The van der Waals surface area contributed by atoms with E-state index in [1.165, 1.54) is 0 Å². The van der Waals surface area contributed by atoms with Crippen molar-refractivity contribution in [2.24, 2.45) is 5.92 Å². The zero-order valence-electron chi connectivity index (χ0n) is 10.6. The summed E-state index contributed by atoms with van der Waals surface area (Å²) in [5, 5.41) is 2.97. The van der Waals surface area contributed by atoms with E-state index in [9.17, 15) is 13.2 Å².